The molecular formula is C21H24N4O. The van der Waals surface area contributed by atoms with E-state index in [2.05, 4.69) is 17.1 Å². The van der Waals surface area contributed by atoms with Crippen LogP contribution in [0.25, 0.3) is 11.4 Å². The average molecular weight is 348 g/mol. The van der Waals surface area contributed by atoms with E-state index in [1.807, 2.05) is 48.5 Å². The van der Waals surface area contributed by atoms with Crippen LogP contribution in [0.15, 0.2) is 59.2 Å². The Hall–Kier alpha value is -2.82. The zero-order valence-corrected chi connectivity index (χ0v) is 15.1. The maximum atomic E-state index is 5.41. The predicted octanol–water partition coefficient (Wildman–Crippen LogP) is 4.59. The molecule has 1 fully saturated rings. The van der Waals surface area contributed by atoms with E-state index in [0.29, 0.717) is 6.54 Å². The minimum absolute atomic E-state index is 0.606. The summed E-state index contributed by atoms with van der Waals surface area (Å²) >= 11 is 0. The lowest BCUT2D eigenvalue weighted by Gasteiger charge is -2.31. The van der Waals surface area contributed by atoms with Crippen molar-refractivity contribution < 1.29 is 4.42 Å². The van der Waals surface area contributed by atoms with Crippen molar-refractivity contribution in [2.24, 2.45) is 5.92 Å². The zero-order valence-electron chi connectivity index (χ0n) is 15.1. The number of hydrogen-bond donors (Lipinski definition) is 1. The summed E-state index contributed by atoms with van der Waals surface area (Å²) in [5, 5.41) is 3.37. The molecule has 2 aromatic heterocycles. The van der Waals surface area contributed by atoms with E-state index in [1.54, 1.807) is 6.26 Å². The highest BCUT2D eigenvalue weighted by Gasteiger charge is 2.19. The Morgan fingerprint density at radius 1 is 1.08 bits per heavy atom. The van der Waals surface area contributed by atoms with Gasteiger partial charge in [0.2, 0.25) is 0 Å². The highest BCUT2D eigenvalue weighted by molar-refractivity contribution is 5.61. The van der Waals surface area contributed by atoms with E-state index < -0.39 is 0 Å². The van der Waals surface area contributed by atoms with E-state index in [-0.39, 0.29) is 0 Å². The van der Waals surface area contributed by atoms with Gasteiger partial charge in [-0.25, -0.2) is 9.97 Å². The molecular weight excluding hydrogens is 324 g/mol. The van der Waals surface area contributed by atoms with E-state index in [1.165, 1.54) is 12.8 Å². The van der Waals surface area contributed by atoms with Gasteiger partial charge < -0.3 is 14.6 Å². The van der Waals surface area contributed by atoms with Crippen molar-refractivity contribution in [3.63, 3.8) is 0 Å². The molecule has 0 radical (unpaired) electrons. The van der Waals surface area contributed by atoms with Gasteiger partial charge in [0, 0.05) is 24.7 Å². The molecule has 1 aliphatic rings. The fraction of sp³-hybridized carbons (Fsp3) is 0.333. The van der Waals surface area contributed by atoms with Crippen LogP contribution in [0.4, 0.5) is 11.6 Å². The molecule has 0 aliphatic carbocycles. The SMILES string of the molecule is CC1CCN(c2cc(NCc3ccco3)nc(-c3ccccc3)n2)CC1. The molecule has 0 unspecified atom stereocenters. The summed E-state index contributed by atoms with van der Waals surface area (Å²) in [7, 11) is 0. The summed E-state index contributed by atoms with van der Waals surface area (Å²) in [4.78, 5) is 11.9. The number of hydrogen-bond acceptors (Lipinski definition) is 5. The number of aromatic nitrogens is 2. The molecule has 0 spiro atoms. The predicted molar refractivity (Wildman–Crippen MR) is 104 cm³/mol. The van der Waals surface area contributed by atoms with E-state index in [0.717, 1.165) is 47.8 Å². The van der Waals surface area contributed by atoms with E-state index in [4.69, 9.17) is 14.4 Å². The zero-order chi connectivity index (χ0) is 17.8. The van der Waals surface area contributed by atoms with Gasteiger partial charge in [-0.3, -0.25) is 0 Å². The number of nitrogens with zero attached hydrogens (tertiary/aromatic N) is 3. The number of rotatable bonds is 5. The smallest absolute Gasteiger partial charge is 0.163 e. The summed E-state index contributed by atoms with van der Waals surface area (Å²) in [6, 6.07) is 16.0. The van der Waals surface area contributed by atoms with Crippen LogP contribution in [0.3, 0.4) is 0 Å². The van der Waals surface area contributed by atoms with Crippen LogP contribution in [-0.4, -0.2) is 23.1 Å². The van der Waals surface area contributed by atoms with Gasteiger partial charge in [0.15, 0.2) is 5.82 Å². The topological polar surface area (TPSA) is 54.2 Å². The lowest BCUT2D eigenvalue weighted by molar-refractivity contribution is 0.436. The Balaban J connectivity index is 1.62. The molecule has 3 heterocycles. The Bertz CT molecular complexity index is 824. The third-order valence-electron chi connectivity index (χ3n) is 4.88. The quantitative estimate of drug-likeness (QED) is 0.731. The van der Waals surface area contributed by atoms with Gasteiger partial charge in [-0.05, 0) is 30.9 Å². The van der Waals surface area contributed by atoms with Crippen LogP contribution in [-0.2, 0) is 6.54 Å². The highest BCUT2D eigenvalue weighted by atomic mass is 16.3. The van der Waals surface area contributed by atoms with Crippen LogP contribution in [0, 0.1) is 5.92 Å². The van der Waals surface area contributed by atoms with Crippen LogP contribution in [0.1, 0.15) is 25.5 Å². The molecule has 134 valence electrons. The summed E-state index contributed by atoms with van der Waals surface area (Å²) in [5.41, 5.74) is 1.03. The van der Waals surface area contributed by atoms with Gasteiger partial charge in [-0.2, -0.15) is 0 Å². The second-order valence-corrected chi connectivity index (χ2v) is 6.90. The third-order valence-corrected chi connectivity index (χ3v) is 4.88. The maximum Gasteiger partial charge on any atom is 0.163 e. The molecule has 5 heteroatoms. The first-order chi connectivity index (χ1) is 12.8. The molecule has 0 saturated carbocycles. The minimum atomic E-state index is 0.606. The molecule has 1 N–H and O–H groups in total. The molecule has 0 amide bonds. The summed E-state index contributed by atoms with van der Waals surface area (Å²) in [6.45, 7) is 5.02. The molecule has 1 aliphatic heterocycles. The normalized spacial score (nSPS) is 15.2. The number of anilines is 2. The maximum absolute atomic E-state index is 5.41. The van der Waals surface area contributed by atoms with Crippen molar-refractivity contribution in [2.45, 2.75) is 26.3 Å². The molecule has 4 rings (SSSR count). The summed E-state index contributed by atoms with van der Waals surface area (Å²) in [6.07, 6.45) is 4.10. The highest BCUT2D eigenvalue weighted by Crippen LogP contribution is 2.26. The van der Waals surface area contributed by atoms with Crippen LogP contribution in [0.2, 0.25) is 0 Å². The first kappa shape index (κ1) is 16.6. The number of furan rings is 1. The van der Waals surface area contributed by atoms with E-state index >= 15 is 0 Å². The van der Waals surface area contributed by atoms with Gasteiger partial charge in [0.1, 0.15) is 17.4 Å². The molecule has 0 atom stereocenters. The average Bonchev–Trinajstić information content (AvgIpc) is 3.21. The van der Waals surface area contributed by atoms with Crippen LogP contribution < -0.4 is 10.2 Å². The Morgan fingerprint density at radius 3 is 2.62 bits per heavy atom. The molecule has 26 heavy (non-hydrogen) atoms. The summed E-state index contributed by atoms with van der Waals surface area (Å²) < 4.78 is 5.41. The first-order valence-electron chi connectivity index (χ1n) is 9.23. The standard InChI is InChI=1S/C21H24N4O/c1-16-9-11-25(12-10-16)20-14-19(22-15-18-8-5-13-26-18)23-21(24-20)17-6-3-2-4-7-17/h2-8,13-14,16H,9-12,15H2,1H3,(H,22,23,24). The van der Waals surface area contributed by atoms with Crippen molar-refractivity contribution >= 4 is 11.6 Å². The lowest BCUT2D eigenvalue weighted by atomic mass is 9.99. The second kappa shape index (κ2) is 7.60. The number of nitrogens with one attached hydrogen (secondary N) is 1. The van der Waals surface area contributed by atoms with Crippen molar-refractivity contribution in [3.05, 3.63) is 60.6 Å². The molecule has 1 aromatic carbocycles. The molecule has 1 saturated heterocycles. The van der Waals surface area contributed by atoms with Gasteiger partial charge in [0.05, 0.1) is 12.8 Å². The lowest BCUT2D eigenvalue weighted by Crippen LogP contribution is -2.33. The van der Waals surface area contributed by atoms with Gasteiger partial charge in [-0.15, -0.1) is 0 Å². The molecule has 0 bridgehead atoms. The second-order valence-electron chi connectivity index (χ2n) is 6.90. The van der Waals surface area contributed by atoms with Crippen molar-refractivity contribution in [3.8, 4) is 11.4 Å². The van der Waals surface area contributed by atoms with Crippen molar-refractivity contribution in [1.29, 1.82) is 0 Å². The Morgan fingerprint density at radius 2 is 1.88 bits per heavy atom. The third kappa shape index (κ3) is 3.87. The minimum Gasteiger partial charge on any atom is -0.467 e. The van der Waals surface area contributed by atoms with Gasteiger partial charge in [0.25, 0.3) is 0 Å². The summed E-state index contributed by atoms with van der Waals surface area (Å²) in [5.74, 6) is 4.25. The van der Waals surface area contributed by atoms with E-state index in [9.17, 15) is 0 Å². The molecule has 5 nitrogen and oxygen atoms in total. The first-order valence-corrected chi connectivity index (χ1v) is 9.23. The molecule has 3 aromatic rings. The largest absolute Gasteiger partial charge is 0.467 e. The van der Waals surface area contributed by atoms with Crippen LogP contribution >= 0.6 is 0 Å². The van der Waals surface area contributed by atoms with Gasteiger partial charge >= 0.3 is 0 Å². The Kier molecular flexibility index (Phi) is 4.86. The Labute approximate surface area is 154 Å². The fourth-order valence-corrected chi connectivity index (χ4v) is 3.23. The van der Waals surface area contributed by atoms with Gasteiger partial charge in [-0.1, -0.05) is 37.3 Å². The monoisotopic (exact) mass is 348 g/mol. The number of piperidine rings is 1. The van der Waals surface area contributed by atoms with Crippen LogP contribution in [0.5, 0.6) is 0 Å². The van der Waals surface area contributed by atoms with Crippen molar-refractivity contribution in [1.82, 2.24) is 9.97 Å². The fourth-order valence-electron chi connectivity index (χ4n) is 3.23. The van der Waals surface area contributed by atoms with Crippen molar-refractivity contribution in [2.75, 3.05) is 23.3 Å². The number of benzene rings is 1.